The Morgan fingerprint density at radius 2 is 1.95 bits per heavy atom. The second-order valence-electron chi connectivity index (χ2n) is 4.19. The minimum atomic E-state index is 0.303. The molecule has 0 saturated heterocycles. The number of rotatable bonds is 7. The zero-order valence-corrected chi connectivity index (χ0v) is 12.1. The van der Waals surface area contributed by atoms with Crippen LogP contribution in [0.4, 0.5) is 17.3 Å². The minimum absolute atomic E-state index is 0.303. The summed E-state index contributed by atoms with van der Waals surface area (Å²) in [6.45, 7) is 2.83. The average molecular weight is 289 g/mol. The van der Waals surface area contributed by atoms with Gasteiger partial charge in [0, 0.05) is 13.2 Å². The van der Waals surface area contributed by atoms with Crippen LogP contribution < -0.4 is 21.3 Å². The molecule has 0 radical (unpaired) electrons. The molecule has 0 aliphatic carbocycles. The Morgan fingerprint density at radius 1 is 1.19 bits per heavy atom. The van der Waals surface area contributed by atoms with Gasteiger partial charge in [-0.25, -0.2) is 15.8 Å². The third-order valence-corrected chi connectivity index (χ3v) is 2.64. The first-order valence-corrected chi connectivity index (χ1v) is 6.59. The van der Waals surface area contributed by atoms with Gasteiger partial charge in [-0.3, -0.25) is 0 Å². The fourth-order valence-corrected chi connectivity index (χ4v) is 1.82. The van der Waals surface area contributed by atoms with E-state index in [-0.39, 0.29) is 0 Å². The Bertz CT molecular complexity index is 591. The van der Waals surface area contributed by atoms with Crippen molar-refractivity contribution in [3.05, 3.63) is 36.2 Å². The molecule has 1 aromatic carbocycles. The molecule has 0 fully saturated rings. The maximum Gasteiger partial charge on any atom is 0.158 e. The second kappa shape index (κ2) is 7.41. The van der Waals surface area contributed by atoms with E-state index in [9.17, 15) is 0 Å². The summed E-state index contributed by atoms with van der Waals surface area (Å²) in [5.41, 5.74) is 3.34. The summed E-state index contributed by atoms with van der Waals surface area (Å²) in [6, 6.07) is 9.36. The van der Waals surface area contributed by atoms with E-state index >= 15 is 0 Å². The van der Waals surface area contributed by atoms with Crippen LogP contribution in [0.3, 0.4) is 0 Å². The van der Waals surface area contributed by atoms with Crippen molar-refractivity contribution in [1.29, 1.82) is 0 Å². The van der Waals surface area contributed by atoms with E-state index in [4.69, 9.17) is 15.3 Å². The molecule has 1 aromatic heterocycles. The average Bonchev–Trinajstić information content (AvgIpc) is 2.49. The number of para-hydroxylation sites is 2. The van der Waals surface area contributed by atoms with Gasteiger partial charge >= 0.3 is 0 Å². The molecule has 2 aromatic rings. The number of hydrogen-bond donors (Lipinski definition) is 3. The van der Waals surface area contributed by atoms with Crippen molar-refractivity contribution in [2.45, 2.75) is 13.5 Å². The quantitative estimate of drug-likeness (QED) is 0.530. The van der Waals surface area contributed by atoms with Gasteiger partial charge < -0.3 is 20.2 Å². The first kappa shape index (κ1) is 15.0. The van der Waals surface area contributed by atoms with Crippen molar-refractivity contribution in [3.8, 4) is 5.75 Å². The SMILES string of the molecule is CCOc1ccccc1Nc1cc(NN)nc(COC)n1. The van der Waals surface area contributed by atoms with Crippen LogP contribution in [0.15, 0.2) is 30.3 Å². The number of nitrogens with two attached hydrogens (primary N) is 1. The van der Waals surface area contributed by atoms with Crippen LogP contribution in [0.5, 0.6) is 5.75 Å². The fourth-order valence-electron chi connectivity index (χ4n) is 1.82. The van der Waals surface area contributed by atoms with Gasteiger partial charge in [0.1, 0.15) is 24.0 Å². The molecule has 0 amide bonds. The lowest BCUT2D eigenvalue weighted by Crippen LogP contribution is -2.12. The molecule has 7 nitrogen and oxygen atoms in total. The van der Waals surface area contributed by atoms with E-state index in [1.807, 2.05) is 31.2 Å². The molecule has 4 N–H and O–H groups in total. The summed E-state index contributed by atoms with van der Waals surface area (Å²) >= 11 is 0. The maximum atomic E-state index is 5.57. The number of methoxy groups -OCH3 is 1. The van der Waals surface area contributed by atoms with Gasteiger partial charge in [-0.05, 0) is 19.1 Å². The van der Waals surface area contributed by atoms with Gasteiger partial charge in [0.2, 0.25) is 0 Å². The number of anilines is 3. The van der Waals surface area contributed by atoms with Crippen molar-refractivity contribution < 1.29 is 9.47 Å². The van der Waals surface area contributed by atoms with E-state index in [1.54, 1.807) is 13.2 Å². The van der Waals surface area contributed by atoms with E-state index in [0.29, 0.717) is 30.7 Å². The molecule has 7 heteroatoms. The van der Waals surface area contributed by atoms with Crippen LogP contribution in [0, 0.1) is 0 Å². The van der Waals surface area contributed by atoms with E-state index in [1.165, 1.54) is 0 Å². The van der Waals surface area contributed by atoms with Crippen LogP contribution in [-0.2, 0) is 11.3 Å². The normalized spacial score (nSPS) is 10.2. The lowest BCUT2D eigenvalue weighted by atomic mass is 10.3. The Morgan fingerprint density at radius 3 is 2.67 bits per heavy atom. The first-order chi connectivity index (χ1) is 10.3. The number of nitrogens with zero attached hydrogens (tertiary/aromatic N) is 2. The molecule has 0 atom stereocenters. The third-order valence-electron chi connectivity index (χ3n) is 2.64. The molecule has 0 bridgehead atoms. The highest BCUT2D eigenvalue weighted by Gasteiger charge is 2.07. The van der Waals surface area contributed by atoms with E-state index in [0.717, 1.165) is 11.4 Å². The Balaban J connectivity index is 2.28. The van der Waals surface area contributed by atoms with Crippen molar-refractivity contribution in [3.63, 3.8) is 0 Å². The van der Waals surface area contributed by atoms with E-state index in [2.05, 4.69) is 20.7 Å². The van der Waals surface area contributed by atoms with Gasteiger partial charge in [0.05, 0.1) is 12.3 Å². The molecule has 21 heavy (non-hydrogen) atoms. The molecule has 2 rings (SSSR count). The van der Waals surface area contributed by atoms with Crippen molar-refractivity contribution in [2.24, 2.45) is 5.84 Å². The number of benzene rings is 1. The van der Waals surface area contributed by atoms with Crippen LogP contribution in [0.25, 0.3) is 0 Å². The van der Waals surface area contributed by atoms with E-state index < -0.39 is 0 Å². The highest BCUT2D eigenvalue weighted by molar-refractivity contribution is 5.65. The lowest BCUT2D eigenvalue weighted by molar-refractivity contribution is 0.178. The Labute approximate surface area is 123 Å². The number of ether oxygens (including phenoxy) is 2. The van der Waals surface area contributed by atoms with Gasteiger partial charge in [0.25, 0.3) is 0 Å². The maximum absolute atomic E-state index is 5.57. The predicted molar refractivity (Wildman–Crippen MR) is 81.4 cm³/mol. The molecule has 0 unspecified atom stereocenters. The number of hydrogen-bond acceptors (Lipinski definition) is 7. The summed E-state index contributed by atoms with van der Waals surface area (Å²) in [6.07, 6.45) is 0. The topological polar surface area (TPSA) is 94.3 Å². The fraction of sp³-hybridized carbons (Fsp3) is 0.286. The molecular formula is C14H19N5O2. The number of aromatic nitrogens is 2. The standard InChI is InChI=1S/C14H19N5O2/c1-3-21-11-7-5-4-6-10(11)16-12-8-13(19-15)18-14(17-12)9-20-2/h4-8H,3,9,15H2,1-2H3,(H2,16,17,18,19). The summed E-state index contributed by atoms with van der Waals surface area (Å²) in [5, 5.41) is 3.20. The molecule has 1 heterocycles. The number of nitrogen functional groups attached to an aromatic ring is 1. The van der Waals surface area contributed by atoms with Crippen LogP contribution >= 0.6 is 0 Å². The van der Waals surface area contributed by atoms with Gasteiger partial charge in [-0.15, -0.1) is 0 Å². The zero-order chi connectivity index (χ0) is 15.1. The first-order valence-electron chi connectivity index (χ1n) is 6.59. The van der Waals surface area contributed by atoms with Gasteiger partial charge in [-0.2, -0.15) is 0 Å². The summed E-state index contributed by atoms with van der Waals surface area (Å²) in [7, 11) is 1.59. The molecule has 0 aliphatic rings. The molecule has 112 valence electrons. The highest BCUT2D eigenvalue weighted by Crippen LogP contribution is 2.27. The van der Waals surface area contributed by atoms with Crippen molar-refractivity contribution >= 4 is 17.3 Å². The smallest absolute Gasteiger partial charge is 0.158 e. The Hall–Kier alpha value is -2.38. The molecule has 0 saturated carbocycles. The summed E-state index contributed by atoms with van der Waals surface area (Å²) in [5.74, 6) is 7.83. The summed E-state index contributed by atoms with van der Waals surface area (Å²) < 4.78 is 10.6. The molecule has 0 aliphatic heterocycles. The highest BCUT2D eigenvalue weighted by atomic mass is 16.5. The predicted octanol–water partition coefficient (Wildman–Crippen LogP) is 2.05. The van der Waals surface area contributed by atoms with Crippen LogP contribution in [0.1, 0.15) is 12.7 Å². The van der Waals surface area contributed by atoms with Gasteiger partial charge in [-0.1, -0.05) is 12.1 Å². The number of nitrogens with one attached hydrogen (secondary N) is 2. The van der Waals surface area contributed by atoms with Gasteiger partial charge in [0.15, 0.2) is 5.82 Å². The minimum Gasteiger partial charge on any atom is -0.492 e. The molecule has 0 spiro atoms. The number of hydrazine groups is 1. The van der Waals surface area contributed by atoms with Crippen molar-refractivity contribution in [1.82, 2.24) is 9.97 Å². The zero-order valence-electron chi connectivity index (χ0n) is 12.1. The Kier molecular flexibility index (Phi) is 5.30. The third kappa shape index (κ3) is 4.04. The van der Waals surface area contributed by atoms with Crippen LogP contribution in [-0.4, -0.2) is 23.7 Å². The lowest BCUT2D eigenvalue weighted by Gasteiger charge is -2.13. The monoisotopic (exact) mass is 289 g/mol. The second-order valence-corrected chi connectivity index (χ2v) is 4.19. The molecular weight excluding hydrogens is 270 g/mol. The van der Waals surface area contributed by atoms with Crippen LogP contribution in [0.2, 0.25) is 0 Å². The summed E-state index contributed by atoms with van der Waals surface area (Å²) in [4.78, 5) is 8.57. The van der Waals surface area contributed by atoms with Crippen molar-refractivity contribution in [2.75, 3.05) is 24.5 Å². The largest absolute Gasteiger partial charge is 0.492 e.